The minimum absolute atomic E-state index is 0.744. The van der Waals surface area contributed by atoms with E-state index >= 15 is 0 Å². The number of unbranched alkanes of at least 4 members (excludes halogenated alkanes) is 4. The molecule has 0 bridgehead atoms. The Morgan fingerprint density at radius 2 is 1.67 bits per heavy atom. The fourth-order valence-electron chi connectivity index (χ4n) is 3.35. The molecule has 1 saturated carbocycles. The van der Waals surface area contributed by atoms with E-state index < -0.39 is 0 Å². The zero-order chi connectivity index (χ0) is 16.9. The number of ether oxygens (including phenoxy) is 1. The summed E-state index contributed by atoms with van der Waals surface area (Å²) in [6.07, 6.45) is 13.3. The predicted molar refractivity (Wildman–Crippen MR) is 104 cm³/mol. The first-order chi connectivity index (χ1) is 11.9. The fraction of sp³-hybridized carbons (Fsp3) is 0.714. The Balaban J connectivity index is 1.53. The number of hydrogen-bond donors (Lipinski definition) is 2. The van der Waals surface area contributed by atoms with E-state index in [-0.39, 0.29) is 0 Å². The minimum Gasteiger partial charge on any atom is -0.494 e. The van der Waals surface area contributed by atoms with E-state index in [4.69, 9.17) is 4.74 Å². The molecule has 3 heteroatoms. The van der Waals surface area contributed by atoms with Crippen molar-refractivity contribution in [3.63, 3.8) is 0 Å². The topological polar surface area (TPSA) is 33.3 Å². The lowest BCUT2D eigenvalue weighted by molar-refractivity contribution is 0.304. The molecule has 0 radical (unpaired) electrons. The van der Waals surface area contributed by atoms with E-state index in [0.29, 0.717) is 0 Å². The van der Waals surface area contributed by atoms with Crippen molar-refractivity contribution in [3.05, 3.63) is 24.3 Å². The molecule has 0 saturated heterocycles. The highest BCUT2D eigenvalue weighted by Gasteiger charge is 2.11. The summed E-state index contributed by atoms with van der Waals surface area (Å²) < 4.78 is 5.81. The van der Waals surface area contributed by atoms with Crippen LogP contribution in [0.1, 0.15) is 71.1 Å². The first kappa shape index (κ1) is 19.1. The summed E-state index contributed by atoms with van der Waals surface area (Å²) in [5, 5.41) is 7.15. The van der Waals surface area contributed by atoms with Crippen LogP contribution in [0.3, 0.4) is 0 Å². The van der Waals surface area contributed by atoms with Gasteiger partial charge in [0.1, 0.15) is 5.75 Å². The Labute approximate surface area is 148 Å². The van der Waals surface area contributed by atoms with Gasteiger partial charge in [-0.3, -0.25) is 0 Å². The molecule has 2 N–H and O–H groups in total. The molecule has 24 heavy (non-hydrogen) atoms. The first-order valence-corrected chi connectivity index (χ1v) is 10.1. The molecule has 2 rings (SSSR count). The summed E-state index contributed by atoms with van der Waals surface area (Å²) >= 11 is 0. The molecule has 136 valence electrons. The van der Waals surface area contributed by atoms with Crippen LogP contribution in [0, 0.1) is 0 Å². The molecule has 0 amide bonds. The second-order valence-corrected chi connectivity index (χ2v) is 7.00. The molecule has 0 unspecified atom stereocenters. The fourth-order valence-corrected chi connectivity index (χ4v) is 3.35. The normalized spacial score (nSPS) is 15.4. The SMILES string of the molecule is CCCCCCCOc1ccc(NCCNC2CCCCC2)cc1. The summed E-state index contributed by atoms with van der Waals surface area (Å²) in [7, 11) is 0. The van der Waals surface area contributed by atoms with E-state index in [1.165, 1.54) is 63.5 Å². The van der Waals surface area contributed by atoms with E-state index in [0.717, 1.165) is 37.9 Å². The van der Waals surface area contributed by atoms with E-state index in [2.05, 4.69) is 41.8 Å². The number of benzene rings is 1. The van der Waals surface area contributed by atoms with Gasteiger partial charge in [-0.2, -0.15) is 0 Å². The third kappa shape index (κ3) is 8.05. The molecule has 1 fully saturated rings. The average molecular weight is 333 g/mol. The van der Waals surface area contributed by atoms with Crippen LogP contribution in [0.25, 0.3) is 0 Å². The molecule has 1 aromatic carbocycles. The summed E-state index contributed by atoms with van der Waals surface area (Å²) in [6.45, 7) is 5.11. The highest BCUT2D eigenvalue weighted by Crippen LogP contribution is 2.18. The number of hydrogen-bond acceptors (Lipinski definition) is 3. The predicted octanol–water partition coefficient (Wildman–Crippen LogP) is 5.37. The van der Waals surface area contributed by atoms with E-state index in [1.807, 2.05) is 0 Å². The Bertz CT molecular complexity index is 412. The zero-order valence-electron chi connectivity index (χ0n) is 15.5. The molecule has 0 atom stereocenters. The van der Waals surface area contributed by atoms with Crippen molar-refractivity contribution < 1.29 is 4.74 Å². The van der Waals surface area contributed by atoms with Crippen molar-refractivity contribution in [2.24, 2.45) is 0 Å². The monoisotopic (exact) mass is 332 g/mol. The van der Waals surface area contributed by atoms with Gasteiger partial charge in [0.05, 0.1) is 6.61 Å². The standard InChI is InChI=1S/C21H36N2O/c1-2-3-4-5-9-18-24-21-14-12-20(13-15-21)23-17-16-22-19-10-7-6-8-11-19/h12-15,19,22-23H,2-11,16-18H2,1H3. The molecule has 1 aromatic rings. The van der Waals surface area contributed by atoms with Gasteiger partial charge in [-0.25, -0.2) is 0 Å². The van der Waals surface area contributed by atoms with Gasteiger partial charge in [0.15, 0.2) is 0 Å². The molecule has 0 aliphatic heterocycles. The maximum absolute atomic E-state index is 5.81. The first-order valence-electron chi connectivity index (χ1n) is 10.1. The molecule has 1 aliphatic carbocycles. The van der Waals surface area contributed by atoms with E-state index in [1.54, 1.807) is 0 Å². The van der Waals surface area contributed by atoms with Crippen molar-refractivity contribution in [2.75, 3.05) is 25.0 Å². The van der Waals surface area contributed by atoms with Crippen molar-refractivity contribution in [1.82, 2.24) is 5.32 Å². The zero-order valence-corrected chi connectivity index (χ0v) is 15.5. The lowest BCUT2D eigenvalue weighted by Gasteiger charge is -2.23. The van der Waals surface area contributed by atoms with Gasteiger partial charge in [-0.15, -0.1) is 0 Å². The highest BCUT2D eigenvalue weighted by atomic mass is 16.5. The largest absolute Gasteiger partial charge is 0.494 e. The van der Waals surface area contributed by atoms with Gasteiger partial charge in [0.2, 0.25) is 0 Å². The quantitative estimate of drug-likeness (QED) is 0.505. The maximum Gasteiger partial charge on any atom is 0.119 e. The molecule has 3 nitrogen and oxygen atoms in total. The molecular weight excluding hydrogens is 296 g/mol. The Morgan fingerprint density at radius 1 is 0.917 bits per heavy atom. The Kier molecular flexibility index (Phi) is 9.70. The van der Waals surface area contributed by atoms with Crippen LogP contribution in [0.15, 0.2) is 24.3 Å². The van der Waals surface area contributed by atoms with Crippen molar-refractivity contribution in [2.45, 2.75) is 77.2 Å². The van der Waals surface area contributed by atoms with Gasteiger partial charge in [0, 0.05) is 24.8 Å². The summed E-state index contributed by atoms with van der Waals surface area (Å²) in [5.41, 5.74) is 1.18. The summed E-state index contributed by atoms with van der Waals surface area (Å²) in [6, 6.07) is 9.13. The van der Waals surface area contributed by atoms with Gasteiger partial charge >= 0.3 is 0 Å². The molecule has 0 spiro atoms. The van der Waals surface area contributed by atoms with Crippen LogP contribution in [0.2, 0.25) is 0 Å². The number of nitrogens with one attached hydrogen (secondary N) is 2. The Morgan fingerprint density at radius 3 is 2.42 bits per heavy atom. The molecule has 0 aromatic heterocycles. The average Bonchev–Trinajstić information content (AvgIpc) is 2.64. The van der Waals surface area contributed by atoms with Crippen LogP contribution in [-0.2, 0) is 0 Å². The second-order valence-electron chi connectivity index (χ2n) is 7.00. The van der Waals surface area contributed by atoms with Crippen molar-refractivity contribution in [1.29, 1.82) is 0 Å². The Hall–Kier alpha value is -1.22. The third-order valence-electron chi connectivity index (χ3n) is 4.86. The lowest BCUT2D eigenvalue weighted by atomic mass is 9.95. The van der Waals surface area contributed by atoms with Crippen LogP contribution < -0.4 is 15.4 Å². The van der Waals surface area contributed by atoms with E-state index in [9.17, 15) is 0 Å². The van der Waals surface area contributed by atoms with Gasteiger partial charge < -0.3 is 15.4 Å². The summed E-state index contributed by atoms with van der Waals surface area (Å²) in [5.74, 6) is 0.983. The molecule has 1 aliphatic rings. The number of rotatable bonds is 12. The second kappa shape index (κ2) is 12.2. The van der Waals surface area contributed by atoms with Crippen LogP contribution >= 0.6 is 0 Å². The van der Waals surface area contributed by atoms with Gasteiger partial charge in [-0.1, -0.05) is 51.9 Å². The number of anilines is 1. The van der Waals surface area contributed by atoms with Crippen LogP contribution in [0.4, 0.5) is 5.69 Å². The third-order valence-corrected chi connectivity index (χ3v) is 4.86. The summed E-state index contributed by atoms with van der Waals surface area (Å²) in [4.78, 5) is 0. The highest BCUT2D eigenvalue weighted by molar-refractivity contribution is 5.46. The smallest absolute Gasteiger partial charge is 0.119 e. The van der Waals surface area contributed by atoms with Crippen molar-refractivity contribution in [3.8, 4) is 5.75 Å². The maximum atomic E-state index is 5.81. The molecule has 0 heterocycles. The molecular formula is C21H36N2O. The van der Waals surface area contributed by atoms with Crippen LogP contribution in [0.5, 0.6) is 5.75 Å². The van der Waals surface area contributed by atoms with Gasteiger partial charge in [0.25, 0.3) is 0 Å². The minimum atomic E-state index is 0.744. The van der Waals surface area contributed by atoms with Crippen molar-refractivity contribution >= 4 is 5.69 Å². The van der Waals surface area contributed by atoms with Crippen LogP contribution in [-0.4, -0.2) is 25.7 Å². The van der Waals surface area contributed by atoms with Gasteiger partial charge in [-0.05, 0) is 43.5 Å². The lowest BCUT2D eigenvalue weighted by Crippen LogP contribution is -2.34.